The Kier molecular flexibility index (Phi) is 5.54. The summed E-state index contributed by atoms with van der Waals surface area (Å²) in [5.74, 6) is -0.222. The van der Waals surface area contributed by atoms with E-state index in [4.69, 9.17) is 28.6 Å². The van der Waals surface area contributed by atoms with Gasteiger partial charge >= 0.3 is 0 Å². The molecule has 138 valence electrons. The first kappa shape index (κ1) is 19.0. The second-order valence-corrected chi connectivity index (χ2v) is 7.13. The fourth-order valence-corrected chi connectivity index (χ4v) is 3.99. The number of thiophene rings is 1. The zero-order chi connectivity index (χ0) is 19.6. The topological polar surface area (TPSA) is 93.5 Å². The SMILES string of the molecule is COc1cc([N+](=O)[O-])ccc1NC(=S)NC(=O)c1sc2ccccc2c1Cl. The molecule has 0 aliphatic carbocycles. The Labute approximate surface area is 168 Å². The summed E-state index contributed by atoms with van der Waals surface area (Å²) in [6, 6.07) is 11.4. The van der Waals surface area contributed by atoms with Gasteiger partial charge in [-0.3, -0.25) is 20.2 Å². The molecule has 0 saturated carbocycles. The minimum Gasteiger partial charge on any atom is -0.494 e. The fourth-order valence-electron chi connectivity index (χ4n) is 2.37. The highest BCUT2D eigenvalue weighted by atomic mass is 35.5. The summed E-state index contributed by atoms with van der Waals surface area (Å²) in [5, 5.41) is 17.4. The molecule has 1 aromatic heterocycles. The van der Waals surface area contributed by atoms with Crippen LogP contribution in [0.15, 0.2) is 42.5 Å². The van der Waals surface area contributed by atoms with Crippen molar-refractivity contribution in [1.29, 1.82) is 0 Å². The van der Waals surface area contributed by atoms with Crippen molar-refractivity contribution >= 4 is 67.6 Å². The second kappa shape index (κ2) is 7.87. The number of anilines is 1. The van der Waals surface area contributed by atoms with Crippen molar-refractivity contribution in [2.24, 2.45) is 0 Å². The van der Waals surface area contributed by atoms with E-state index in [1.54, 1.807) is 0 Å². The highest BCUT2D eigenvalue weighted by Crippen LogP contribution is 2.35. The van der Waals surface area contributed by atoms with Crippen LogP contribution in [0.5, 0.6) is 5.75 Å². The van der Waals surface area contributed by atoms with Gasteiger partial charge in [0.05, 0.1) is 28.8 Å². The molecule has 3 rings (SSSR count). The minimum absolute atomic E-state index is 0.0145. The van der Waals surface area contributed by atoms with E-state index >= 15 is 0 Å². The van der Waals surface area contributed by atoms with Gasteiger partial charge in [-0.05, 0) is 24.4 Å². The maximum atomic E-state index is 12.5. The normalized spacial score (nSPS) is 10.4. The van der Waals surface area contributed by atoms with E-state index in [1.807, 2.05) is 24.3 Å². The third kappa shape index (κ3) is 4.00. The molecule has 0 bridgehead atoms. The highest BCUT2D eigenvalue weighted by molar-refractivity contribution is 7.80. The molecule has 3 aromatic rings. The molecule has 27 heavy (non-hydrogen) atoms. The molecule has 7 nitrogen and oxygen atoms in total. The molecular weight excluding hydrogens is 410 g/mol. The van der Waals surface area contributed by atoms with Crippen molar-refractivity contribution in [2.75, 3.05) is 12.4 Å². The van der Waals surface area contributed by atoms with Crippen molar-refractivity contribution < 1.29 is 14.5 Å². The number of nitro groups is 1. The molecule has 0 spiro atoms. The van der Waals surface area contributed by atoms with Crippen molar-refractivity contribution in [1.82, 2.24) is 5.32 Å². The van der Waals surface area contributed by atoms with Crippen LogP contribution in [0.1, 0.15) is 9.67 Å². The molecule has 0 saturated heterocycles. The number of fused-ring (bicyclic) bond motifs is 1. The van der Waals surface area contributed by atoms with Crippen LogP contribution in [0.3, 0.4) is 0 Å². The standard InChI is InChI=1S/C17H12ClN3O4S2/c1-25-12-8-9(21(23)24)6-7-11(12)19-17(26)20-16(22)15-14(18)10-4-2-3-5-13(10)27-15/h2-8H,1H3,(H2,19,20,22,26). The van der Waals surface area contributed by atoms with Crippen LogP contribution in [0.2, 0.25) is 5.02 Å². The molecule has 0 unspecified atom stereocenters. The number of nitrogens with one attached hydrogen (secondary N) is 2. The lowest BCUT2D eigenvalue weighted by molar-refractivity contribution is -0.384. The maximum Gasteiger partial charge on any atom is 0.273 e. The lowest BCUT2D eigenvalue weighted by Crippen LogP contribution is -2.33. The monoisotopic (exact) mass is 421 g/mol. The number of non-ortho nitro benzene ring substituents is 1. The minimum atomic E-state index is -0.532. The van der Waals surface area contributed by atoms with E-state index in [1.165, 1.54) is 36.6 Å². The number of benzene rings is 2. The quantitative estimate of drug-likeness (QED) is 0.363. The van der Waals surface area contributed by atoms with Crippen molar-refractivity contribution in [3.63, 3.8) is 0 Å². The number of hydrogen-bond donors (Lipinski definition) is 2. The average molecular weight is 422 g/mol. The van der Waals surface area contributed by atoms with Crippen LogP contribution in [0.4, 0.5) is 11.4 Å². The summed E-state index contributed by atoms with van der Waals surface area (Å²) in [6.07, 6.45) is 0. The van der Waals surface area contributed by atoms with Gasteiger partial charge in [0.1, 0.15) is 10.6 Å². The lowest BCUT2D eigenvalue weighted by Gasteiger charge is -2.12. The number of nitrogens with zero attached hydrogens (tertiary/aromatic N) is 1. The van der Waals surface area contributed by atoms with Crippen LogP contribution < -0.4 is 15.4 Å². The summed E-state index contributed by atoms with van der Waals surface area (Å²) >= 11 is 12.7. The Morgan fingerprint density at radius 1 is 1.30 bits per heavy atom. The Morgan fingerprint density at radius 2 is 2.04 bits per heavy atom. The number of carbonyl (C=O) groups is 1. The number of amides is 1. The number of carbonyl (C=O) groups excluding carboxylic acids is 1. The molecule has 1 heterocycles. The molecule has 0 atom stereocenters. The maximum absolute atomic E-state index is 12.5. The van der Waals surface area contributed by atoms with Gasteiger partial charge in [0.15, 0.2) is 5.11 Å². The number of ether oxygens (including phenoxy) is 1. The Hall–Kier alpha value is -2.75. The summed E-state index contributed by atoms with van der Waals surface area (Å²) < 4.78 is 6.02. The van der Waals surface area contributed by atoms with Crippen LogP contribution in [-0.2, 0) is 0 Å². The van der Waals surface area contributed by atoms with Gasteiger partial charge in [-0.2, -0.15) is 0 Å². The van der Waals surface area contributed by atoms with Gasteiger partial charge in [0.2, 0.25) is 0 Å². The number of rotatable bonds is 4. The third-order valence-corrected chi connectivity index (χ3v) is 5.49. The summed E-state index contributed by atoms with van der Waals surface area (Å²) in [7, 11) is 1.38. The molecule has 10 heteroatoms. The molecule has 2 aromatic carbocycles. The van der Waals surface area contributed by atoms with Crippen molar-refractivity contribution in [2.45, 2.75) is 0 Å². The van der Waals surface area contributed by atoms with Crippen LogP contribution in [0, 0.1) is 10.1 Å². The zero-order valence-corrected chi connectivity index (χ0v) is 16.2. The zero-order valence-electron chi connectivity index (χ0n) is 13.8. The van der Waals surface area contributed by atoms with E-state index < -0.39 is 10.8 Å². The first-order valence-electron chi connectivity index (χ1n) is 7.52. The predicted octanol–water partition coefficient (Wildman–Crippen LogP) is 4.60. The molecule has 2 N–H and O–H groups in total. The van der Waals surface area contributed by atoms with Gasteiger partial charge in [-0.1, -0.05) is 29.8 Å². The Balaban J connectivity index is 1.76. The van der Waals surface area contributed by atoms with Gasteiger partial charge in [0.25, 0.3) is 11.6 Å². The van der Waals surface area contributed by atoms with Crippen LogP contribution >= 0.6 is 35.2 Å². The molecule has 1 amide bonds. The average Bonchev–Trinajstić information content (AvgIpc) is 2.99. The molecule has 0 aliphatic rings. The van der Waals surface area contributed by atoms with E-state index in [9.17, 15) is 14.9 Å². The molecule has 0 aliphatic heterocycles. The number of hydrogen-bond acceptors (Lipinski definition) is 6. The first-order chi connectivity index (χ1) is 12.9. The van der Waals surface area contributed by atoms with Crippen molar-refractivity contribution in [3.05, 3.63) is 62.5 Å². The van der Waals surface area contributed by atoms with Gasteiger partial charge in [0, 0.05) is 16.2 Å². The van der Waals surface area contributed by atoms with Gasteiger partial charge in [-0.15, -0.1) is 11.3 Å². The van der Waals surface area contributed by atoms with Gasteiger partial charge < -0.3 is 10.1 Å². The molecule has 0 fully saturated rings. The lowest BCUT2D eigenvalue weighted by atomic mass is 10.2. The summed E-state index contributed by atoms with van der Waals surface area (Å²) in [5.41, 5.74) is 0.264. The molecular formula is C17H12ClN3O4S2. The number of thiocarbonyl (C=S) groups is 1. The van der Waals surface area contributed by atoms with E-state index in [0.29, 0.717) is 15.6 Å². The van der Waals surface area contributed by atoms with E-state index in [0.717, 1.165) is 10.1 Å². The second-order valence-electron chi connectivity index (χ2n) is 5.29. The number of methoxy groups -OCH3 is 1. The smallest absolute Gasteiger partial charge is 0.273 e. The Morgan fingerprint density at radius 3 is 2.70 bits per heavy atom. The van der Waals surface area contributed by atoms with Crippen molar-refractivity contribution in [3.8, 4) is 5.75 Å². The fraction of sp³-hybridized carbons (Fsp3) is 0.0588. The first-order valence-corrected chi connectivity index (χ1v) is 9.12. The Bertz CT molecular complexity index is 1070. The number of halogens is 1. The largest absolute Gasteiger partial charge is 0.494 e. The van der Waals surface area contributed by atoms with E-state index in [2.05, 4.69) is 10.6 Å². The summed E-state index contributed by atoms with van der Waals surface area (Å²) in [4.78, 5) is 23.2. The van der Waals surface area contributed by atoms with Crippen LogP contribution in [0.25, 0.3) is 10.1 Å². The number of nitro benzene ring substituents is 1. The van der Waals surface area contributed by atoms with Crippen LogP contribution in [-0.4, -0.2) is 23.1 Å². The predicted molar refractivity (Wildman–Crippen MR) is 110 cm³/mol. The highest BCUT2D eigenvalue weighted by Gasteiger charge is 2.19. The van der Waals surface area contributed by atoms with Gasteiger partial charge in [-0.25, -0.2) is 0 Å². The van der Waals surface area contributed by atoms with E-state index in [-0.39, 0.29) is 16.5 Å². The summed E-state index contributed by atoms with van der Waals surface area (Å²) in [6.45, 7) is 0. The third-order valence-electron chi connectivity index (χ3n) is 3.61. The molecule has 0 radical (unpaired) electrons.